The molecule has 1 heterocycles. The van der Waals surface area contributed by atoms with Crippen molar-refractivity contribution in [3.8, 4) is 11.5 Å². The molecule has 2 unspecified atom stereocenters. The lowest BCUT2D eigenvalue weighted by atomic mass is 9.79. The van der Waals surface area contributed by atoms with Crippen LogP contribution in [0.15, 0.2) is 11.6 Å². The molecule has 2 N–H and O–H groups in total. The molecule has 1 fully saturated rings. The topological polar surface area (TPSA) is 84.9 Å². The molecule has 2 atom stereocenters. The highest BCUT2D eigenvalue weighted by molar-refractivity contribution is 6.00. The van der Waals surface area contributed by atoms with Crippen LogP contribution in [0.1, 0.15) is 29.5 Å². The van der Waals surface area contributed by atoms with Crippen LogP contribution < -0.4 is 14.8 Å². The molecule has 6 nitrogen and oxygen atoms in total. The van der Waals surface area contributed by atoms with E-state index in [0.717, 1.165) is 16.7 Å². The van der Waals surface area contributed by atoms with Crippen LogP contribution in [0.25, 0.3) is 6.08 Å². The number of rotatable bonds is 4. The third-order valence-electron chi connectivity index (χ3n) is 4.90. The molecule has 0 radical (unpaired) electrons. The number of carbonyl (C=O) groups is 2. The predicted molar refractivity (Wildman–Crippen MR) is 88.2 cm³/mol. The van der Waals surface area contributed by atoms with Crippen LogP contribution >= 0.6 is 0 Å². The fourth-order valence-electron chi connectivity index (χ4n) is 3.13. The SMILES string of the molecule is COc1c(C)c(C)cc2c1C=C(C(=O)NC1CCC1C(=O)O)CO2. The second kappa shape index (κ2) is 6.19. The van der Waals surface area contributed by atoms with E-state index < -0.39 is 11.9 Å². The summed E-state index contributed by atoms with van der Waals surface area (Å²) in [5.74, 6) is -0.248. The number of carboxylic acid groups (broad SMARTS) is 1. The zero-order valence-corrected chi connectivity index (χ0v) is 14.0. The van der Waals surface area contributed by atoms with Gasteiger partial charge < -0.3 is 19.9 Å². The van der Waals surface area contributed by atoms with Crippen molar-refractivity contribution in [3.63, 3.8) is 0 Å². The number of nitrogens with one attached hydrogen (secondary N) is 1. The van der Waals surface area contributed by atoms with E-state index in [9.17, 15) is 9.59 Å². The zero-order chi connectivity index (χ0) is 17.4. The molecule has 1 aromatic rings. The van der Waals surface area contributed by atoms with E-state index in [1.54, 1.807) is 13.2 Å². The van der Waals surface area contributed by atoms with Crippen molar-refractivity contribution >= 4 is 18.0 Å². The number of carbonyl (C=O) groups excluding carboxylic acids is 1. The minimum Gasteiger partial charge on any atom is -0.496 e. The van der Waals surface area contributed by atoms with Gasteiger partial charge in [-0.1, -0.05) is 0 Å². The molecule has 1 amide bonds. The summed E-state index contributed by atoms with van der Waals surface area (Å²) in [4.78, 5) is 23.5. The average Bonchev–Trinajstić information content (AvgIpc) is 2.51. The van der Waals surface area contributed by atoms with Gasteiger partial charge in [-0.3, -0.25) is 9.59 Å². The van der Waals surface area contributed by atoms with Gasteiger partial charge in [-0.2, -0.15) is 0 Å². The highest BCUT2D eigenvalue weighted by atomic mass is 16.5. The fourth-order valence-corrected chi connectivity index (χ4v) is 3.13. The molecule has 128 valence electrons. The standard InChI is InChI=1S/C18H21NO5/c1-9-6-15-13(16(23-3)10(9)2)7-11(8-24-15)17(20)19-14-5-4-12(14)18(21)22/h6-7,12,14H,4-5,8H2,1-3H3,(H,19,20)(H,21,22). The molecular formula is C18H21NO5. The number of benzene rings is 1. The number of methoxy groups -OCH3 is 1. The van der Waals surface area contributed by atoms with Gasteiger partial charge in [0.1, 0.15) is 18.1 Å². The van der Waals surface area contributed by atoms with Crippen molar-refractivity contribution in [2.75, 3.05) is 13.7 Å². The van der Waals surface area contributed by atoms with Gasteiger partial charge >= 0.3 is 5.97 Å². The van der Waals surface area contributed by atoms with Crippen molar-refractivity contribution in [1.29, 1.82) is 0 Å². The summed E-state index contributed by atoms with van der Waals surface area (Å²) in [6, 6.07) is 1.63. The van der Waals surface area contributed by atoms with Crippen molar-refractivity contribution in [2.45, 2.75) is 32.7 Å². The first-order valence-corrected chi connectivity index (χ1v) is 7.97. The van der Waals surface area contributed by atoms with Crippen molar-refractivity contribution in [3.05, 3.63) is 28.3 Å². The Kier molecular flexibility index (Phi) is 4.22. The lowest BCUT2D eigenvalue weighted by Crippen LogP contribution is -2.50. The quantitative estimate of drug-likeness (QED) is 0.882. The summed E-state index contributed by atoms with van der Waals surface area (Å²) in [5, 5.41) is 11.9. The molecule has 1 aliphatic carbocycles. The highest BCUT2D eigenvalue weighted by Crippen LogP contribution is 2.38. The first kappa shape index (κ1) is 16.4. The predicted octanol–water partition coefficient (Wildman–Crippen LogP) is 2.07. The van der Waals surface area contributed by atoms with Crippen LogP contribution in [0.2, 0.25) is 0 Å². The van der Waals surface area contributed by atoms with Crippen LogP contribution in [0, 0.1) is 19.8 Å². The summed E-state index contributed by atoms with van der Waals surface area (Å²) < 4.78 is 11.2. The number of carboxylic acids is 1. The Morgan fingerprint density at radius 2 is 2.08 bits per heavy atom. The van der Waals surface area contributed by atoms with Gasteiger partial charge in [0.2, 0.25) is 0 Å². The summed E-state index contributed by atoms with van der Waals surface area (Å²) >= 11 is 0. The number of ether oxygens (including phenoxy) is 2. The summed E-state index contributed by atoms with van der Waals surface area (Å²) in [7, 11) is 1.59. The Morgan fingerprint density at radius 1 is 1.33 bits per heavy atom. The van der Waals surface area contributed by atoms with Crippen molar-refractivity contribution in [1.82, 2.24) is 5.32 Å². The Labute approximate surface area is 140 Å². The maximum Gasteiger partial charge on any atom is 0.308 e. The van der Waals surface area contributed by atoms with Crippen molar-refractivity contribution < 1.29 is 24.2 Å². The number of hydrogen-bond donors (Lipinski definition) is 2. The van der Waals surface area contributed by atoms with E-state index in [1.165, 1.54) is 0 Å². The van der Waals surface area contributed by atoms with Crippen LogP contribution in [-0.4, -0.2) is 36.7 Å². The molecule has 2 aliphatic rings. The monoisotopic (exact) mass is 331 g/mol. The van der Waals surface area contributed by atoms with Gasteiger partial charge in [0.05, 0.1) is 24.2 Å². The second-order valence-corrected chi connectivity index (χ2v) is 6.32. The first-order valence-electron chi connectivity index (χ1n) is 7.97. The maximum atomic E-state index is 12.4. The maximum absolute atomic E-state index is 12.4. The Hall–Kier alpha value is -2.50. The fraction of sp³-hybridized carbons (Fsp3) is 0.444. The van der Waals surface area contributed by atoms with Gasteiger partial charge in [-0.05, 0) is 50.0 Å². The van der Waals surface area contributed by atoms with Crippen LogP contribution in [-0.2, 0) is 9.59 Å². The van der Waals surface area contributed by atoms with E-state index in [1.807, 2.05) is 19.9 Å². The van der Waals surface area contributed by atoms with E-state index in [2.05, 4.69) is 5.32 Å². The molecule has 0 bridgehead atoms. The molecule has 1 aliphatic heterocycles. The van der Waals surface area contributed by atoms with Gasteiger partial charge in [0.15, 0.2) is 0 Å². The average molecular weight is 331 g/mol. The number of fused-ring (bicyclic) bond motifs is 1. The molecule has 0 saturated heterocycles. The largest absolute Gasteiger partial charge is 0.496 e. The minimum atomic E-state index is -0.862. The highest BCUT2D eigenvalue weighted by Gasteiger charge is 2.38. The zero-order valence-electron chi connectivity index (χ0n) is 14.0. The van der Waals surface area contributed by atoms with E-state index >= 15 is 0 Å². The van der Waals surface area contributed by atoms with Gasteiger partial charge in [-0.25, -0.2) is 0 Å². The van der Waals surface area contributed by atoms with Crippen LogP contribution in [0.5, 0.6) is 11.5 Å². The summed E-state index contributed by atoms with van der Waals surface area (Å²) in [5.41, 5.74) is 3.29. The second-order valence-electron chi connectivity index (χ2n) is 6.32. The Bertz CT molecular complexity index is 737. The molecule has 24 heavy (non-hydrogen) atoms. The van der Waals surface area contributed by atoms with E-state index in [-0.39, 0.29) is 18.6 Å². The van der Waals surface area contributed by atoms with Crippen molar-refractivity contribution in [2.24, 2.45) is 5.92 Å². The van der Waals surface area contributed by atoms with E-state index in [0.29, 0.717) is 29.9 Å². The molecular weight excluding hydrogens is 310 g/mol. The number of aryl methyl sites for hydroxylation is 1. The molecule has 1 saturated carbocycles. The van der Waals surface area contributed by atoms with Gasteiger partial charge in [0, 0.05) is 6.04 Å². The number of hydrogen-bond acceptors (Lipinski definition) is 4. The third kappa shape index (κ3) is 2.72. The minimum absolute atomic E-state index is 0.162. The number of aliphatic carboxylic acids is 1. The third-order valence-corrected chi connectivity index (χ3v) is 4.90. The number of amides is 1. The van der Waals surface area contributed by atoms with Gasteiger partial charge in [-0.15, -0.1) is 0 Å². The van der Waals surface area contributed by atoms with Crippen LogP contribution in [0.4, 0.5) is 0 Å². The summed E-state index contributed by atoms with van der Waals surface area (Å²) in [6.07, 6.45) is 3.06. The molecule has 6 heteroatoms. The summed E-state index contributed by atoms with van der Waals surface area (Å²) in [6.45, 7) is 4.10. The molecule has 3 rings (SSSR count). The normalized spacial score (nSPS) is 21.7. The van der Waals surface area contributed by atoms with Crippen LogP contribution in [0.3, 0.4) is 0 Å². The lowest BCUT2D eigenvalue weighted by molar-refractivity contribution is -0.146. The smallest absolute Gasteiger partial charge is 0.308 e. The molecule has 0 spiro atoms. The Morgan fingerprint density at radius 3 is 2.67 bits per heavy atom. The van der Waals surface area contributed by atoms with E-state index in [4.69, 9.17) is 14.6 Å². The first-order chi connectivity index (χ1) is 11.4. The lowest BCUT2D eigenvalue weighted by Gasteiger charge is -2.34. The van der Waals surface area contributed by atoms with Gasteiger partial charge in [0.25, 0.3) is 5.91 Å². The molecule has 0 aromatic heterocycles. The Balaban J connectivity index is 1.84. The molecule has 1 aromatic carbocycles.